The molecule has 1 saturated heterocycles. The highest BCUT2D eigenvalue weighted by atomic mass is 16.6. The third-order valence-corrected chi connectivity index (χ3v) is 1.80. The molecule has 0 bridgehead atoms. The van der Waals surface area contributed by atoms with Crippen LogP contribution in [0.1, 0.15) is 0 Å². The van der Waals surface area contributed by atoms with Gasteiger partial charge in [0.25, 0.3) is 0 Å². The Hall–Kier alpha value is -1.42. The van der Waals surface area contributed by atoms with Gasteiger partial charge in [-0.15, -0.1) is 0 Å². The molecule has 0 spiro atoms. The largest absolute Gasteiger partial charge is 0.504 e. The molecule has 1 aliphatic heterocycles. The zero-order valence-corrected chi connectivity index (χ0v) is 6.93. The molecule has 2 rings (SSSR count). The third kappa shape index (κ3) is 1.84. The summed E-state index contributed by atoms with van der Waals surface area (Å²) < 4.78 is 10.1. The average Bonchev–Trinajstić information content (AvgIpc) is 2.91. The number of epoxide rings is 1. The van der Waals surface area contributed by atoms with E-state index in [2.05, 4.69) is 0 Å². The maximum absolute atomic E-state index is 9.32. The van der Waals surface area contributed by atoms with Crippen molar-refractivity contribution in [3.05, 3.63) is 18.2 Å². The number of hydrogen-bond donors (Lipinski definition) is 2. The summed E-state index contributed by atoms with van der Waals surface area (Å²) >= 11 is 0. The molecule has 1 unspecified atom stereocenters. The Bertz CT molecular complexity index is 306. The third-order valence-electron chi connectivity index (χ3n) is 1.80. The van der Waals surface area contributed by atoms with Gasteiger partial charge < -0.3 is 19.7 Å². The van der Waals surface area contributed by atoms with Gasteiger partial charge in [-0.05, 0) is 12.1 Å². The summed E-state index contributed by atoms with van der Waals surface area (Å²) in [5, 5.41) is 18.4. The predicted molar refractivity (Wildman–Crippen MR) is 45.0 cm³/mol. The fraction of sp³-hybridized carbons (Fsp3) is 0.333. The first-order chi connectivity index (χ1) is 6.27. The smallest absolute Gasteiger partial charge is 0.200 e. The van der Waals surface area contributed by atoms with Crippen LogP contribution in [0.4, 0.5) is 0 Å². The fourth-order valence-electron chi connectivity index (χ4n) is 0.974. The number of hydrogen-bond acceptors (Lipinski definition) is 4. The molecule has 1 heterocycles. The van der Waals surface area contributed by atoms with Crippen molar-refractivity contribution < 1.29 is 19.7 Å². The van der Waals surface area contributed by atoms with Crippen molar-refractivity contribution in [3.63, 3.8) is 0 Å². The SMILES string of the molecule is Oc1cccc(OCC2CO2)c1O. The molecule has 0 radical (unpaired) electrons. The molecule has 1 fully saturated rings. The van der Waals surface area contributed by atoms with E-state index in [-0.39, 0.29) is 23.4 Å². The first-order valence-electron chi connectivity index (χ1n) is 4.02. The maximum atomic E-state index is 9.32. The molecule has 1 aliphatic rings. The molecule has 0 saturated carbocycles. The monoisotopic (exact) mass is 182 g/mol. The van der Waals surface area contributed by atoms with E-state index in [4.69, 9.17) is 14.6 Å². The number of rotatable bonds is 3. The van der Waals surface area contributed by atoms with E-state index >= 15 is 0 Å². The molecule has 2 N–H and O–H groups in total. The lowest BCUT2D eigenvalue weighted by molar-refractivity contribution is 0.251. The molecule has 1 aromatic rings. The zero-order chi connectivity index (χ0) is 9.26. The van der Waals surface area contributed by atoms with E-state index in [1.54, 1.807) is 12.1 Å². The molecule has 1 atom stereocenters. The lowest BCUT2D eigenvalue weighted by Crippen LogP contribution is -2.03. The first kappa shape index (κ1) is 8.19. The van der Waals surface area contributed by atoms with Gasteiger partial charge in [0.1, 0.15) is 12.7 Å². The fourth-order valence-corrected chi connectivity index (χ4v) is 0.974. The molecule has 70 valence electrons. The van der Waals surface area contributed by atoms with Crippen molar-refractivity contribution in [2.24, 2.45) is 0 Å². The normalized spacial score (nSPS) is 19.8. The van der Waals surface area contributed by atoms with E-state index in [0.717, 1.165) is 0 Å². The van der Waals surface area contributed by atoms with E-state index < -0.39 is 0 Å². The Labute approximate surface area is 75.3 Å². The van der Waals surface area contributed by atoms with Crippen LogP contribution in [0.15, 0.2) is 18.2 Å². The van der Waals surface area contributed by atoms with Crippen molar-refractivity contribution in [2.45, 2.75) is 6.10 Å². The number of phenolic OH excluding ortho intramolecular Hbond substituents is 2. The van der Waals surface area contributed by atoms with E-state index in [1.807, 2.05) is 0 Å². The molecular weight excluding hydrogens is 172 g/mol. The van der Waals surface area contributed by atoms with Crippen LogP contribution in [0.25, 0.3) is 0 Å². The summed E-state index contributed by atoms with van der Waals surface area (Å²) in [7, 11) is 0. The van der Waals surface area contributed by atoms with Gasteiger partial charge in [-0.3, -0.25) is 0 Å². The summed E-state index contributed by atoms with van der Waals surface area (Å²) in [6.45, 7) is 1.12. The Morgan fingerprint density at radius 3 is 2.92 bits per heavy atom. The molecule has 4 heteroatoms. The minimum Gasteiger partial charge on any atom is -0.504 e. The first-order valence-corrected chi connectivity index (χ1v) is 4.02. The summed E-state index contributed by atoms with van der Waals surface area (Å²) in [5.74, 6) is -0.104. The summed E-state index contributed by atoms with van der Waals surface area (Å²) in [4.78, 5) is 0. The number of phenols is 2. The van der Waals surface area contributed by atoms with Crippen LogP contribution in [-0.4, -0.2) is 29.5 Å². The van der Waals surface area contributed by atoms with E-state index in [0.29, 0.717) is 13.2 Å². The van der Waals surface area contributed by atoms with Gasteiger partial charge in [-0.1, -0.05) is 6.07 Å². The van der Waals surface area contributed by atoms with Gasteiger partial charge in [0.05, 0.1) is 6.61 Å². The highest BCUT2D eigenvalue weighted by Crippen LogP contribution is 2.34. The van der Waals surface area contributed by atoms with Gasteiger partial charge in [-0.2, -0.15) is 0 Å². The molecular formula is C9H10O4. The Kier molecular flexibility index (Phi) is 1.98. The number of para-hydroxylation sites is 1. The van der Waals surface area contributed by atoms with Crippen LogP contribution in [0.2, 0.25) is 0 Å². The lowest BCUT2D eigenvalue weighted by atomic mass is 10.3. The Morgan fingerprint density at radius 2 is 2.23 bits per heavy atom. The Balaban J connectivity index is 2.05. The second kappa shape index (κ2) is 3.14. The van der Waals surface area contributed by atoms with Gasteiger partial charge in [0.2, 0.25) is 5.75 Å². The summed E-state index contributed by atoms with van der Waals surface area (Å²) in [6.07, 6.45) is 0.141. The van der Waals surface area contributed by atoms with Gasteiger partial charge in [-0.25, -0.2) is 0 Å². The number of benzene rings is 1. The number of ether oxygens (including phenoxy) is 2. The lowest BCUT2D eigenvalue weighted by Gasteiger charge is -2.06. The maximum Gasteiger partial charge on any atom is 0.200 e. The zero-order valence-electron chi connectivity index (χ0n) is 6.93. The summed E-state index contributed by atoms with van der Waals surface area (Å²) in [5.41, 5.74) is 0. The standard InChI is InChI=1S/C9H10O4/c10-7-2-1-3-8(9(7)11)13-5-6-4-12-6/h1-3,6,10-11H,4-5H2. The van der Waals surface area contributed by atoms with Crippen LogP contribution >= 0.6 is 0 Å². The minimum absolute atomic E-state index is 0.141. The highest BCUT2D eigenvalue weighted by molar-refractivity contribution is 5.48. The molecule has 0 aromatic heterocycles. The second-order valence-corrected chi connectivity index (χ2v) is 2.89. The van der Waals surface area contributed by atoms with E-state index in [9.17, 15) is 5.11 Å². The molecule has 4 nitrogen and oxygen atoms in total. The van der Waals surface area contributed by atoms with Crippen molar-refractivity contribution in [2.75, 3.05) is 13.2 Å². The number of aromatic hydroxyl groups is 2. The molecule has 0 aliphatic carbocycles. The van der Waals surface area contributed by atoms with Crippen LogP contribution in [0, 0.1) is 0 Å². The molecule has 0 amide bonds. The van der Waals surface area contributed by atoms with Crippen molar-refractivity contribution in [1.82, 2.24) is 0 Å². The molecule has 13 heavy (non-hydrogen) atoms. The molecule has 1 aromatic carbocycles. The Morgan fingerprint density at radius 1 is 1.46 bits per heavy atom. The average molecular weight is 182 g/mol. The second-order valence-electron chi connectivity index (χ2n) is 2.89. The topological polar surface area (TPSA) is 62.2 Å². The van der Waals surface area contributed by atoms with Crippen LogP contribution in [0.3, 0.4) is 0 Å². The van der Waals surface area contributed by atoms with Crippen LogP contribution < -0.4 is 4.74 Å². The van der Waals surface area contributed by atoms with Gasteiger partial charge in [0.15, 0.2) is 11.5 Å². The predicted octanol–water partition coefficient (Wildman–Crippen LogP) is 0.875. The van der Waals surface area contributed by atoms with Gasteiger partial charge in [0, 0.05) is 0 Å². The van der Waals surface area contributed by atoms with Crippen LogP contribution in [0.5, 0.6) is 17.2 Å². The highest BCUT2D eigenvalue weighted by Gasteiger charge is 2.23. The summed E-state index contributed by atoms with van der Waals surface area (Å²) in [6, 6.07) is 4.60. The van der Waals surface area contributed by atoms with Crippen molar-refractivity contribution in [3.8, 4) is 17.2 Å². The van der Waals surface area contributed by atoms with E-state index in [1.165, 1.54) is 6.07 Å². The van der Waals surface area contributed by atoms with Crippen molar-refractivity contribution in [1.29, 1.82) is 0 Å². The minimum atomic E-state index is -0.219. The van der Waals surface area contributed by atoms with Gasteiger partial charge >= 0.3 is 0 Å². The quantitative estimate of drug-likeness (QED) is 0.538. The van der Waals surface area contributed by atoms with Crippen LogP contribution in [-0.2, 0) is 4.74 Å². The van der Waals surface area contributed by atoms with Crippen molar-refractivity contribution >= 4 is 0 Å².